The molecule has 2 amide bonds. The minimum Gasteiger partial charge on any atom is -0.493 e. The smallest absolute Gasteiger partial charge is 0.308 e. The van der Waals surface area contributed by atoms with E-state index < -0.39 is 12.0 Å². The van der Waals surface area contributed by atoms with Gasteiger partial charge in [0.25, 0.3) is 5.91 Å². The van der Waals surface area contributed by atoms with Gasteiger partial charge in [0.05, 0.1) is 25.2 Å². The summed E-state index contributed by atoms with van der Waals surface area (Å²) < 4.78 is 11.6. The van der Waals surface area contributed by atoms with Gasteiger partial charge >= 0.3 is 5.97 Å². The molecule has 0 spiro atoms. The minimum atomic E-state index is -0.895. The van der Waals surface area contributed by atoms with Gasteiger partial charge in [-0.2, -0.15) is 0 Å². The predicted molar refractivity (Wildman–Crippen MR) is 108 cm³/mol. The summed E-state index contributed by atoms with van der Waals surface area (Å²) in [6, 6.07) is 4.31. The van der Waals surface area contributed by atoms with Crippen molar-refractivity contribution in [3.8, 4) is 5.75 Å². The Balaban J connectivity index is 2.20. The zero-order valence-electron chi connectivity index (χ0n) is 16.3. The molecule has 0 bridgehead atoms. The normalized spacial score (nSPS) is 16.5. The summed E-state index contributed by atoms with van der Waals surface area (Å²) in [6.07, 6.45) is 2.31. The number of carbonyl (C=O) groups is 3. The van der Waals surface area contributed by atoms with Crippen molar-refractivity contribution >= 4 is 33.7 Å². The highest BCUT2D eigenvalue weighted by molar-refractivity contribution is 9.10. The number of ether oxygens (including phenoxy) is 2. The number of nitrogens with one attached hydrogen (secondary N) is 1. The quantitative estimate of drug-likeness (QED) is 0.457. The van der Waals surface area contributed by atoms with E-state index in [4.69, 9.17) is 9.47 Å². The number of esters is 1. The van der Waals surface area contributed by atoms with Crippen LogP contribution in [0.15, 0.2) is 22.7 Å². The minimum absolute atomic E-state index is 0.166. The van der Waals surface area contributed by atoms with Crippen molar-refractivity contribution in [2.45, 2.75) is 45.6 Å². The summed E-state index contributed by atoms with van der Waals surface area (Å²) in [5, 5.41) is 2.72. The molecule has 28 heavy (non-hydrogen) atoms. The van der Waals surface area contributed by atoms with Crippen molar-refractivity contribution in [1.82, 2.24) is 10.2 Å². The predicted octanol–water partition coefficient (Wildman–Crippen LogP) is 2.91. The van der Waals surface area contributed by atoms with E-state index in [0.717, 1.165) is 23.7 Å². The van der Waals surface area contributed by atoms with E-state index in [1.165, 1.54) is 4.90 Å². The van der Waals surface area contributed by atoms with Crippen molar-refractivity contribution in [2.24, 2.45) is 0 Å². The molecule has 0 saturated carbocycles. The molecule has 1 fully saturated rings. The van der Waals surface area contributed by atoms with Crippen LogP contribution >= 0.6 is 15.9 Å². The lowest BCUT2D eigenvalue weighted by Crippen LogP contribution is -2.57. The van der Waals surface area contributed by atoms with Crippen molar-refractivity contribution in [3.05, 3.63) is 28.2 Å². The molecule has 1 aromatic rings. The summed E-state index contributed by atoms with van der Waals surface area (Å²) in [6.45, 7) is 5.44. The summed E-state index contributed by atoms with van der Waals surface area (Å²) in [7, 11) is 0. The average Bonchev–Trinajstić information content (AvgIpc) is 2.68. The standard InChI is InChI=1S/C20H27BrN2O5/c1-3-5-11-28-18(24)13-16-19(25)22-8-9-23(16)20(26)15-12-14(21)6-7-17(15)27-10-4-2/h6-7,12,16H,3-5,8-11,13H2,1-2H3,(H,22,25). The van der Waals surface area contributed by atoms with Crippen molar-refractivity contribution in [1.29, 1.82) is 0 Å². The number of hydrogen-bond donors (Lipinski definition) is 1. The summed E-state index contributed by atoms with van der Waals surface area (Å²) in [5.41, 5.74) is 0.363. The fourth-order valence-corrected chi connectivity index (χ4v) is 3.23. The molecule has 1 heterocycles. The van der Waals surface area contributed by atoms with Gasteiger partial charge in [-0.1, -0.05) is 36.2 Å². The number of nitrogens with zero attached hydrogens (tertiary/aromatic N) is 1. The van der Waals surface area contributed by atoms with Crippen LogP contribution in [0.25, 0.3) is 0 Å². The highest BCUT2D eigenvalue weighted by Gasteiger charge is 2.36. The van der Waals surface area contributed by atoms with E-state index in [1.807, 2.05) is 13.8 Å². The molecule has 7 nitrogen and oxygen atoms in total. The maximum Gasteiger partial charge on any atom is 0.308 e. The molecule has 0 radical (unpaired) electrons. The molecule has 1 atom stereocenters. The largest absolute Gasteiger partial charge is 0.493 e. The van der Waals surface area contributed by atoms with Gasteiger partial charge < -0.3 is 19.7 Å². The Bertz CT molecular complexity index is 710. The number of rotatable bonds is 9. The molecule has 1 aliphatic rings. The molecule has 0 aromatic heterocycles. The number of hydrogen-bond acceptors (Lipinski definition) is 5. The van der Waals surface area contributed by atoms with Crippen LogP contribution in [0.1, 0.15) is 49.9 Å². The molecule has 1 aliphatic heterocycles. The van der Waals surface area contributed by atoms with Gasteiger partial charge in [-0.25, -0.2) is 0 Å². The van der Waals surface area contributed by atoms with Crippen LogP contribution in [-0.2, 0) is 14.3 Å². The van der Waals surface area contributed by atoms with Gasteiger partial charge in [0.1, 0.15) is 11.8 Å². The Morgan fingerprint density at radius 1 is 1.25 bits per heavy atom. The maximum absolute atomic E-state index is 13.2. The van der Waals surface area contributed by atoms with Gasteiger partial charge in [-0.05, 0) is 31.0 Å². The van der Waals surface area contributed by atoms with Crippen LogP contribution < -0.4 is 10.1 Å². The first-order valence-electron chi connectivity index (χ1n) is 9.64. The van der Waals surface area contributed by atoms with Gasteiger partial charge in [0.15, 0.2) is 0 Å². The highest BCUT2D eigenvalue weighted by Crippen LogP contribution is 2.26. The summed E-state index contributed by atoms with van der Waals surface area (Å²) >= 11 is 3.38. The topological polar surface area (TPSA) is 84.9 Å². The van der Waals surface area contributed by atoms with Crippen LogP contribution in [0.4, 0.5) is 0 Å². The summed E-state index contributed by atoms with van der Waals surface area (Å²) in [5.74, 6) is -0.707. The highest BCUT2D eigenvalue weighted by atomic mass is 79.9. The first-order chi connectivity index (χ1) is 13.5. The molecule has 1 saturated heterocycles. The Labute approximate surface area is 173 Å². The second-order valence-electron chi connectivity index (χ2n) is 6.57. The van der Waals surface area contributed by atoms with Crippen LogP contribution in [-0.4, -0.2) is 55.0 Å². The molecular formula is C20H27BrN2O5. The van der Waals surface area contributed by atoms with Crippen LogP contribution in [0, 0.1) is 0 Å². The van der Waals surface area contributed by atoms with Crippen LogP contribution in [0.3, 0.4) is 0 Å². The molecule has 154 valence electrons. The third-order valence-corrected chi connectivity index (χ3v) is 4.84. The van der Waals surface area contributed by atoms with E-state index in [2.05, 4.69) is 21.2 Å². The fourth-order valence-electron chi connectivity index (χ4n) is 2.87. The number of unbranched alkanes of at least 4 members (excludes halogenated alkanes) is 1. The van der Waals surface area contributed by atoms with Gasteiger partial charge in [-0.3, -0.25) is 14.4 Å². The summed E-state index contributed by atoms with van der Waals surface area (Å²) in [4.78, 5) is 39.2. The van der Waals surface area contributed by atoms with E-state index in [9.17, 15) is 14.4 Å². The first-order valence-corrected chi connectivity index (χ1v) is 10.4. The van der Waals surface area contributed by atoms with E-state index >= 15 is 0 Å². The molecule has 1 unspecified atom stereocenters. The lowest BCUT2D eigenvalue weighted by atomic mass is 10.1. The molecule has 8 heteroatoms. The Morgan fingerprint density at radius 3 is 2.75 bits per heavy atom. The van der Waals surface area contributed by atoms with E-state index in [1.54, 1.807) is 18.2 Å². The number of carbonyl (C=O) groups excluding carboxylic acids is 3. The monoisotopic (exact) mass is 454 g/mol. The zero-order chi connectivity index (χ0) is 20.5. The molecule has 1 aromatic carbocycles. The van der Waals surface area contributed by atoms with Gasteiger partial charge in [0.2, 0.25) is 5.91 Å². The molecule has 0 aliphatic carbocycles. The third-order valence-electron chi connectivity index (χ3n) is 4.35. The fraction of sp³-hybridized carbons (Fsp3) is 0.550. The molecular weight excluding hydrogens is 428 g/mol. The number of benzene rings is 1. The maximum atomic E-state index is 13.2. The van der Waals surface area contributed by atoms with E-state index in [-0.39, 0.29) is 18.2 Å². The van der Waals surface area contributed by atoms with Crippen LogP contribution in [0.5, 0.6) is 5.75 Å². The average molecular weight is 455 g/mol. The Morgan fingerprint density at radius 2 is 2.04 bits per heavy atom. The zero-order valence-corrected chi connectivity index (χ0v) is 17.9. The van der Waals surface area contributed by atoms with Gasteiger partial charge in [0, 0.05) is 17.6 Å². The van der Waals surface area contributed by atoms with Gasteiger partial charge in [-0.15, -0.1) is 0 Å². The molecule has 1 N–H and O–H groups in total. The first kappa shape index (κ1) is 22.2. The van der Waals surface area contributed by atoms with Crippen LogP contribution in [0.2, 0.25) is 0 Å². The van der Waals surface area contributed by atoms with Crippen molar-refractivity contribution < 1.29 is 23.9 Å². The van der Waals surface area contributed by atoms with E-state index in [0.29, 0.717) is 37.6 Å². The second kappa shape index (κ2) is 11.0. The number of amides is 2. The third kappa shape index (κ3) is 5.95. The number of halogens is 1. The van der Waals surface area contributed by atoms with Crippen molar-refractivity contribution in [3.63, 3.8) is 0 Å². The Hall–Kier alpha value is -2.09. The Kier molecular flexibility index (Phi) is 8.76. The SMILES string of the molecule is CCCCOC(=O)CC1C(=O)NCCN1C(=O)c1cc(Br)ccc1OCCC. The molecule has 2 rings (SSSR count). The lowest BCUT2D eigenvalue weighted by Gasteiger charge is -2.35. The van der Waals surface area contributed by atoms with Crippen molar-refractivity contribution in [2.75, 3.05) is 26.3 Å². The number of piperazine rings is 1. The lowest BCUT2D eigenvalue weighted by molar-refractivity contribution is -0.147. The second-order valence-corrected chi connectivity index (χ2v) is 7.49.